The predicted octanol–water partition coefficient (Wildman–Crippen LogP) is 3.88. The number of esters is 1. The van der Waals surface area contributed by atoms with Gasteiger partial charge in [-0.1, -0.05) is 18.2 Å². The van der Waals surface area contributed by atoms with Crippen LogP contribution in [-0.2, 0) is 4.74 Å². The van der Waals surface area contributed by atoms with Crippen LogP contribution in [0.25, 0.3) is 16.7 Å². The number of fused-ring (bicyclic) bond motifs is 1. The lowest BCUT2D eigenvalue weighted by molar-refractivity contribution is 0.0527. The van der Waals surface area contributed by atoms with Crippen molar-refractivity contribution in [3.63, 3.8) is 0 Å². The predicted molar refractivity (Wildman–Crippen MR) is 129 cm³/mol. The lowest BCUT2D eigenvalue weighted by Gasteiger charge is -2.15. The van der Waals surface area contributed by atoms with E-state index in [4.69, 9.17) is 18.9 Å². The van der Waals surface area contributed by atoms with Gasteiger partial charge in [-0.2, -0.15) is 9.78 Å². The Morgan fingerprint density at radius 1 is 0.971 bits per heavy atom. The van der Waals surface area contributed by atoms with Crippen molar-refractivity contribution in [2.24, 2.45) is 0 Å². The van der Waals surface area contributed by atoms with E-state index < -0.39 is 11.9 Å². The molecule has 4 aromatic rings. The number of anilines is 1. The molecule has 2 aromatic heterocycles. The summed E-state index contributed by atoms with van der Waals surface area (Å²) < 4.78 is 22.6. The largest absolute Gasteiger partial charge is 0.493 e. The van der Waals surface area contributed by atoms with Crippen LogP contribution in [0.4, 0.5) is 5.82 Å². The second-order valence-corrected chi connectivity index (χ2v) is 7.27. The number of hydrogen-bond acceptors (Lipinski definition) is 8. The highest BCUT2D eigenvalue weighted by Crippen LogP contribution is 2.38. The van der Waals surface area contributed by atoms with Crippen LogP contribution in [0.15, 0.2) is 54.7 Å². The third-order valence-corrected chi connectivity index (χ3v) is 5.22. The van der Waals surface area contributed by atoms with Gasteiger partial charge in [-0.3, -0.25) is 4.79 Å². The van der Waals surface area contributed by atoms with Gasteiger partial charge >= 0.3 is 5.97 Å². The number of aromatic nitrogens is 3. The van der Waals surface area contributed by atoms with Gasteiger partial charge in [0.1, 0.15) is 5.56 Å². The number of carbonyl (C=O) groups excluding carboxylic acids is 2. The average molecular weight is 476 g/mol. The molecule has 10 nitrogen and oxygen atoms in total. The normalized spacial score (nSPS) is 10.6. The van der Waals surface area contributed by atoms with Crippen LogP contribution in [0.2, 0.25) is 0 Å². The molecule has 180 valence electrons. The first-order valence-electron chi connectivity index (χ1n) is 10.7. The number of rotatable bonds is 8. The maximum Gasteiger partial charge on any atom is 0.343 e. The molecule has 0 unspecified atom stereocenters. The Hall–Kier alpha value is -4.60. The number of nitrogens with one attached hydrogen (secondary N) is 1. The topological polar surface area (TPSA) is 114 Å². The molecule has 0 spiro atoms. The summed E-state index contributed by atoms with van der Waals surface area (Å²) in [4.78, 5) is 30.5. The Morgan fingerprint density at radius 2 is 1.69 bits per heavy atom. The first-order valence-corrected chi connectivity index (χ1v) is 10.7. The van der Waals surface area contributed by atoms with Crippen molar-refractivity contribution in [2.75, 3.05) is 33.3 Å². The van der Waals surface area contributed by atoms with Crippen molar-refractivity contribution in [2.45, 2.75) is 6.92 Å². The van der Waals surface area contributed by atoms with Crippen molar-refractivity contribution < 1.29 is 28.5 Å². The lowest BCUT2D eigenvalue weighted by Crippen LogP contribution is -2.18. The van der Waals surface area contributed by atoms with E-state index in [1.807, 2.05) is 30.3 Å². The van der Waals surface area contributed by atoms with E-state index in [1.54, 1.807) is 13.0 Å². The van der Waals surface area contributed by atoms with E-state index in [-0.39, 0.29) is 23.6 Å². The van der Waals surface area contributed by atoms with Crippen LogP contribution in [0.3, 0.4) is 0 Å². The Bertz CT molecular complexity index is 1370. The van der Waals surface area contributed by atoms with Crippen molar-refractivity contribution in [1.29, 1.82) is 0 Å². The van der Waals surface area contributed by atoms with Crippen LogP contribution < -0.4 is 19.5 Å². The van der Waals surface area contributed by atoms with Gasteiger partial charge in [-0.05, 0) is 37.3 Å². The standard InChI is InChI=1S/C25H24N4O6/c1-5-35-25(31)17-14-26-29(21-11-10-15-8-6-7-9-18(15)27-21)23(17)28-24(30)16-12-19(32-2)22(34-4)20(13-16)33-3/h6-14H,5H2,1-4H3,(H,28,30). The third-order valence-electron chi connectivity index (χ3n) is 5.22. The summed E-state index contributed by atoms with van der Waals surface area (Å²) in [5.74, 6) is 0.352. The summed E-state index contributed by atoms with van der Waals surface area (Å²) in [7, 11) is 4.39. The zero-order valence-electron chi connectivity index (χ0n) is 19.7. The van der Waals surface area contributed by atoms with Crippen molar-refractivity contribution in [3.05, 3.63) is 65.9 Å². The lowest BCUT2D eigenvalue weighted by atomic mass is 10.1. The smallest absolute Gasteiger partial charge is 0.343 e. The minimum absolute atomic E-state index is 0.0857. The van der Waals surface area contributed by atoms with Gasteiger partial charge in [0, 0.05) is 10.9 Å². The summed E-state index contributed by atoms with van der Waals surface area (Å²) >= 11 is 0. The highest BCUT2D eigenvalue weighted by atomic mass is 16.5. The molecule has 0 aliphatic carbocycles. The summed E-state index contributed by atoms with van der Waals surface area (Å²) in [6, 6.07) is 14.2. The van der Waals surface area contributed by atoms with Crippen molar-refractivity contribution in [3.8, 4) is 23.1 Å². The van der Waals surface area contributed by atoms with Gasteiger partial charge in [-0.25, -0.2) is 9.78 Å². The molecule has 35 heavy (non-hydrogen) atoms. The molecule has 1 N–H and O–H groups in total. The fraction of sp³-hybridized carbons (Fsp3) is 0.200. The number of methoxy groups -OCH3 is 3. The second kappa shape index (κ2) is 10.1. The van der Waals surface area contributed by atoms with Gasteiger partial charge in [0.05, 0.1) is 39.6 Å². The number of hydrogen-bond donors (Lipinski definition) is 1. The van der Waals surface area contributed by atoms with Crippen LogP contribution in [0, 0.1) is 0 Å². The number of nitrogens with zero attached hydrogens (tertiary/aromatic N) is 3. The molecule has 10 heteroatoms. The number of pyridine rings is 1. The fourth-order valence-electron chi connectivity index (χ4n) is 3.57. The third kappa shape index (κ3) is 4.58. The summed E-state index contributed by atoms with van der Waals surface area (Å²) in [6.45, 7) is 1.86. The molecule has 0 radical (unpaired) electrons. The van der Waals surface area contributed by atoms with Gasteiger partial charge < -0.3 is 24.3 Å². The molecule has 0 bridgehead atoms. The number of amides is 1. The highest BCUT2D eigenvalue weighted by molar-refractivity contribution is 6.08. The van der Waals surface area contributed by atoms with E-state index >= 15 is 0 Å². The zero-order chi connectivity index (χ0) is 24.9. The molecular formula is C25H24N4O6. The number of para-hydroxylation sites is 1. The quantitative estimate of drug-likeness (QED) is 0.381. The number of ether oxygens (including phenoxy) is 4. The minimum atomic E-state index is -0.625. The number of benzene rings is 2. The van der Waals surface area contributed by atoms with Crippen molar-refractivity contribution >= 4 is 28.6 Å². The van der Waals surface area contributed by atoms with Crippen molar-refractivity contribution in [1.82, 2.24) is 14.8 Å². The molecule has 2 aromatic carbocycles. The average Bonchev–Trinajstić information content (AvgIpc) is 3.30. The molecular weight excluding hydrogens is 452 g/mol. The molecule has 0 saturated heterocycles. The number of carbonyl (C=O) groups is 2. The first kappa shape index (κ1) is 23.6. The Labute approximate surface area is 201 Å². The molecule has 1 amide bonds. The van der Waals surface area contributed by atoms with E-state index in [1.165, 1.54) is 44.3 Å². The van der Waals surface area contributed by atoms with Gasteiger partial charge in [0.15, 0.2) is 23.1 Å². The maximum absolute atomic E-state index is 13.3. The molecule has 0 fully saturated rings. The van der Waals surface area contributed by atoms with Crippen LogP contribution >= 0.6 is 0 Å². The SMILES string of the molecule is CCOC(=O)c1cnn(-c2ccc3ccccc3n2)c1NC(=O)c1cc(OC)c(OC)c(OC)c1. The highest BCUT2D eigenvalue weighted by Gasteiger charge is 2.24. The van der Waals surface area contributed by atoms with Gasteiger partial charge in [0.25, 0.3) is 5.91 Å². The monoisotopic (exact) mass is 476 g/mol. The van der Waals surface area contributed by atoms with E-state index in [9.17, 15) is 9.59 Å². The Balaban J connectivity index is 1.78. The van der Waals surface area contributed by atoms with Crippen LogP contribution in [-0.4, -0.2) is 54.6 Å². The van der Waals surface area contributed by atoms with Crippen LogP contribution in [0.1, 0.15) is 27.6 Å². The Morgan fingerprint density at radius 3 is 2.34 bits per heavy atom. The summed E-state index contributed by atoms with van der Waals surface area (Å²) in [6.07, 6.45) is 1.33. The molecule has 2 heterocycles. The summed E-state index contributed by atoms with van der Waals surface area (Å²) in [5.41, 5.74) is 1.04. The van der Waals surface area contributed by atoms with Gasteiger partial charge in [-0.15, -0.1) is 0 Å². The first-order chi connectivity index (χ1) is 17.0. The van der Waals surface area contributed by atoms with E-state index in [0.29, 0.717) is 23.1 Å². The molecule has 4 rings (SSSR count). The van der Waals surface area contributed by atoms with E-state index in [2.05, 4.69) is 15.4 Å². The van der Waals surface area contributed by atoms with E-state index in [0.717, 1.165) is 10.9 Å². The second-order valence-electron chi connectivity index (χ2n) is 7.27. The summed E-state index contributed by atoms with van der Waals surface area (Å²) in [5, 5.41) is 8.02. The molecule has 0 aliphatic rings. The zero-order valence-corrected chi connectivity index (χ0v) is 19.7. The fourth-order valence-corrected chi connectivity index (χ4v) is 3.57. The molecule has 0 aliphatic heterocycles. The minimum Gasteiger partial charge on any atom is -0.493 e. The maximum atomic E-state index is 13.3. The molecule has 0 atom stereocenters. The Kier molecular flexibility index (Phi) is 6.81. The van der Waals surface area contributed by atoms with Gasteiger partial charge in [0.2, 0.25) is 5.75 Å². The van der Waals surface area contributed by atoms with Crippen LogP contribution in [0.5, 0.6) is 17.2 Å². The molecule has 0 saturated carbocycles.